The summed E-state index contributed by atoms with van der Waals surface area (Å²) in [5.74, 6) is 1.77. The summed E-state index contributed by atoms with van der Waals surface area (Å²) in [6.07, 6.45) is 5.43. The number of hydrogen-bond acceptors (Lipinski definition) is 2. The van der Waals surface area contributed by atoms with E-state index < -0.39 is 0 Å². The van der Waals surface area contributed by atoms with E-state index in [9.17, 15) is 4.79 Å². The van der Waals surface area contributed by atoms with Crippen LogP contribution in [0.2, 0.25) is 0 Å². The second-order valence-corrected chi connectivity index (χ2v) is 4.98. The van der Waals surface area contributed by atoms with Crippen LogP contribution < -0.4 is 10.6 Å². The standard InChI is InChI=1S/C12H22N2O/c1-2-10-7-11(10)14-12(15)4-3-9-5-6-13-8-9/h9-11,13H,2-8H2,1H3,(H,14,15). The lowest BCUT2D eigenvalue weighted by molar-refractivity contribution is -0.121. The monoisotopic (exact) mass is 210 g/mol. The Balaban J connectivity index is 1.56. The molecule has 1 amide bonds. The summed E-state index contributed by atoms with van der Waals surface area (Å²) in [5.41, 5.74) is 0. The first kappa shape index (κ1) is 10.9. The molecule has 0 radical (unpaired) electrons. The zero-order chi connectivity index (χ0) is 10.7. The first-order valence-electron chi connectivity index (χ1n) is 6.29. The van der Waals surface area contributed by atoms with Gasteiger partial charge in [-0.2, -0.15) is 0 Å². The van der Waals surface area contributed by atoms with Crippen LogP contribution in [-0.4, -0.2) is 25.0 Å². The normalized spacial score (nSPS) is 34.1. The molecule has 0 aromatic rings. The third kappa shape index (κ3) is 3.20. The van der Waals surface area contributed by atoms with Crippen molar-refractivity contribution in [2.75, 3.05) is 13.1 Å². The maximum absolute atomic E-state index is 11.6. The molecule has 3 unspecified atom stereocenters. The Morgan fingerprint density at radius 2 is 2.40 bits per heavy atom. The van der Waals surface area contributed by atoms with Crippen LogP contribution in [0.5, 0.6) is 0 Å². The second kappa shape index (κ2) is 4.97. The number of nitrogens with one attached hydrogen (secondary N) is 2. The van der Waals surface area contributed by atoms with Gasteiger partial charge in [-0.15, -0.1) is 0 Å². The molecule has 1 aliphatic heterocycles. The zero-order valence-corrected chi connectivity index (χ0v) is 9.59. The second-order valence-electron chi connectivity index (χ2n) is 4.98. The summed E-state index contributed by atoms with van der Waals surface area (Å²) >= 11 is 0. The fourth-order valence-corrected chi connectivity index (χ4v) is 2.45. The first-order chi connectivity index (χ1) is 7.29. The van der Waals surface area contributed by atoms with Gasteiger partial charge in [0, 0.05) is 12.5 Å². The lowest BCUT2D eigenvalue weighted by Crippen LogP contribution is -2.27. The highest BCUT2D eigenvalue weighted by atomic mass is 16.1. The Kier molecular flexibility index (Phi) is 3.62. The van der Waals surface area contributed by atoms with Crippen molar-refractivity contribution in [3.63, 3.8) is 0 Å². The molecule has 3 atom stereocenters. The Hall–Kier alpha value is -0.570. The van der Waals surface area contributed by atoms with E-state index in [0.717, 1.165) is 37.8 Å². The Bertz CT molecular complexity index is 224. The zero-order valence-electron chi connectivity index (χ0n) is 9.59. The first-order valence-corrected chi connectivity index (χ1v) is 6.29. The van der Waals surface area contributed by atoms with Gasteiger partial charge in [-0.05, 0) is 44.2 Å². The highest BCUT2D eigenvalue weighted by molar-refractivity contribution is 5.76. The molecule has 2 fully saturated rings. The molecular weight excluding hydrogens is 188 g/mol. The van der Waals surface area contributed by atoms with Gasteiger partial charge < -0.3 is 10.6 Å². The topological polar surface area (TPSA) is 41.1 Å². The van der Waals surface area contributed by atoms with E-state index in [4.69, 9.17) is 0 Å². The summed E-state index contributed by atoms with van der Waals surface area (Å²) in [4.78, 5) is 11.6. The van der Waals surface area contributed by atoms with Crippen LogP contribution in [-0.2, 0) is 4.79 Å². The molecule has 2 aliphatic rings. The van der Waals surface area contributed by atoms with E-state index in [-0.39, 0.29) is 5.91 Å². The molecule has 2 rings (SSSR count). The summed E-state index contributed by atoms with van der Waals surface area (Å²) in [7, 11) is 0. The van der Waals surface area contributed by atoms with Gasteiger partial charge in [-0.1, -0.05) is 13.3 Å². The quantitative estimate of drug-likeness (QED) is 0.718. The molecular formula is C12H22N2O. The average molecular weight is 210 g/mol. The van der Waals surface area contributed by atoms with E-state index >= 15 is 0 Å². The minimum atomic E-state index is 0.267. The van der Waals surface area contributed by atoms with Crippen molar-refractivity contribution in [3.05, 3.63) is 0 Å². The Labute approximate surface area is 92.0 Å². The fraction of sp³-hybridized carbons (Fsp3) is 0.917. The van der Waals surface area contributed by atoms with Crippen molar-refractivity contribution in [1.82, 2.24) is 10.6 Å². The predicted octanol–water partition coefficient (Wildman–Crippen LogP) is 1.29. The molecule has 0 aromatic carbocycles. The molecule has 1 saturated carbocycles. The van der Waals surface area contributed by atoms with E-state index in [1.807, 2.05) is 0 Å². The molecule has 2 N–H and O–H groups in total. The van der Waals surface area contributed by atoms with Gasteiger partial charge in [0.15, 0.2) is 0 Å². The number of carbonyl (C=O) groups excluding carboxylic acids is 1. The maximum Gasteiger partial charge on any atom is 0.220 e. The summed E-state index contributed by atoms with van der Waals surface area (Å²) in [5, 5.41) is 6.45. The fourth-order valence-electron chi connectivity index (χ4n) is 2.45. The van der Waals surface area contributed by atoms with Crippen molar-refractivity contribution < 1.29 is 4.79 Å². The van der Waals surface area contributed by atoms with Crippen LogP contribution >= 0.6 is 0 Å². The van der Waals surface area contributed by atoms with Crippen LogP contribution in [0.25, 0.3) is 0 Å². The van der Waals surface area contributed by atoms with E-state index in [1.54, 1.807) is 0 Å². The van der Waals surface area contributed by atoms with Crippen LogP contribution in [0.1, 0.15) is 39.0 Å². The molecule has 86 valence electrons. The highest BCUT2D eigenvalue weighted by Gasteiger charge is 2.36. The molecule has 0 aromatic heterocycles. The van der Waals surface area contributed by atoms with Crippen molar-refractivity contribution in [1.29, 1.82) is 0 Å². The smallest absolute Gasteiger partial charge is 0.220 e. The van der Waals surface area contributed by atoms with Gasteiger partial charge in [0.05, 0.1) is 0 Å². The van der Waals surface area contributed by atoms with E-state index in [1.165, 1.54) is 19.3 Å². The number of amides is 1. The molecule has 1 aliphatic carbocycles. The molecule has 0 bridgehead atoms. The summed E-state index contributed by atoms with van der Waals surface area (Å²) < 4.78 is 0. The Morgan fingerprint density at radius 3 is 3.00 bits per heavy atom. The van der Waals surface area contributed by atoms with Gasteiger partial charge >= 0.3 is 0 Å². The van der Waals surface area contributed by atoms with Gasteiger partial charge in [0.2, 0.25) is 5.91 Å². The SMILES string of the molecule is CCC1CC1NC(=O)CCC1CCNC1. The molecule has 1 saturated heterocycles. The van der Waals surface area contributed by atoms with Crippen molar-refractivity contribution in [2.45, 2.75) is 45.1 Å². The molecule has 3 heteroatoms. The lowest BCUT2D eigenvalue weighted by atomic mass is 10.0. The van der Waals surface area contributed by atoms with Gasteiger partial charge in [-0.25, -0.2) is 0 Å². The molecule has 15 heavy (non-hydrogen) atoms. The average Bonchev–Trinajstić information content (AvgIpc) is 2.78. The van der Waals surface area contributed by atoms with Gasteiger partial charge in [0.25, 0.3) is 0 Å². The van der Waals surface area contributed by atoms with Crippen LogP contribution in [0.15, 0.2) is 0 Å². The Morgan fingerprint density at radius 1 is 1.53 bits per heavy atom. The maximum atomic E-state index is 11.6. The van der Waals surface area contributed by atoms with Crippen LogP contribution in [0.4, 0.5) is 0 Å². The van der Waals surface area contributed by atoms with Crippen molar-refractivity contribution in [3.8, 4) is 0 Å². The van der Waals surface area contributed by atoms with Crippen molar-refractivity contribution >= 4 is 5.91 Å². The minimum absolute atomic E-state index is 0.267. The molecule has 3 nitrogen and oxygen atoms in total. The highest BCUT2D eigenvalue weighted by Crippen LogP contribution is 2.33. The van der Waals surface area contributed by atoms with Crippen LogP contribution in [0, 0.1) is 11.8 Å². The van der Waals surface area contributed by atoms with Crippen LogP contribution in [0.3, 0.4) is 0 Å². The molecule has 0 spiro atoms. The van der Waals surface area contributed by atoms with Crippen molar-refractivity contribution in [2.24, 2.45) is 11.8 Å². The third-order valence-electron chi connectivity index (χ3n) is 3.74. The third-order valence-corrected chi connectivity index (χ3v) is 3.74. The molecule has 1 heterocycles. The summed E-state index contributed by atoms with van der Waals surface area (Å²) in [6.45, 7) is 4.43. The van der Waals surface area contributed by atoms with Gasteiger partial charge in [-0.3, -0.25) is 4.79 Å². The van der Waals surface area contributed by atoms with Gasteiger partial charge in [0.1, 0.15) is 0 Å². The van der Waals surface area contributed by atoms with E-state index in [0.29, 0.717) is 6.04 Å². The number of carbonyl (C=O) groups is 1. The predicted molar refractivity (Wildman–Crippen MR) is 60.5 cm³/mol. The number of rotatable bonds is 5. The minimum Gasteiger partial charge on any atom is -0.353 e. The van der Waals surface area contributed by atoms with E-state index in [2.05, 4.69) is 17.6 Å². The lowest BCUT2D eigenvalue weighted by Gasteiger charge is -2.08. The summed E-state index contributed by atoms with van der Waals surface area (Å²) in [6, 6.07) is 0.504. The largest absolute Gasteiger partial charge is 0.353 e. The number of hydrogen-bond donors (Lipinski definition) is 2.